The van der Waals surface area contributed by atoms with E-state index in [-0.39, 0.29) is 10.5 Å². The van der Waals surface area contributed by atoms with Crippen molar-refractivity contribution in [3.05, 3.63) is 73.2 Å². The molecule has 2 aromatic carbocycles. The number of anilines is 1. The van der Waals surface area contributed by atoms with Crippen LogP contribution in [-0.2, 0) is 9.59 Å². The van der Waals surface area contributed by atoms with E-state index in [0.29, 0.717) is 44.0 Å². The number of hydrogen-bond donors (Lipinski definition) is 1. The van der Waals surface area contributed by atoms with Crippen molar-refractivity contribution in [1.29, 1.82) is 0 Å². The lowest BCUT2D eigenvalue weighted by Crippen LogP contribution is -2.51. The van der Waals surface area contributed by atoms with E-state index in [1.807, 2.05) is 30.3 Å². The number of nitrogens with zero attached hydrogens (tertiary/aromatic N) is 5. The van der Waals surface area contributed by atoms with Gasteiger partial charge in [0.2, 0.25) is 11.7 Å². The third-order valence-electron chi connectivity index (χ3n) is 5.72. The summed E-state index contributed by atoms with van der Waals surface area (Å²) in [5, 5.41) is 31.7. The van der Waals surface area contributed by atoms with E-state index in [1.54, 1.807) is 4.90 Å². The van der Waals surface area contributed by atoms with Crippen LogP contribution in [0.25, 0.3) is 6.08 Å². The number of imide groups is 1. The Morgan fingerprint density at radius 1 is 1.03 bits per heavy atom. The lowest BCUT2D eigenvalue weighted by molar-refractivity contribution is -0.394. The maximum Gasteiger partial charge on any atom is 0.318 e. The molecule has 0 aliphatic carbocycles. The molecule has 0 radical (unpaired) electrons. The number of non-ortho nitro benzene ring substituents is 1. The van der Waals surface area contributed by atoms with E-state index in [0.717, 1.165) is 22.7 Å². The summed E-state index contributed by atoms with van der Waals surface area (Å²) in [6.45, 7) is 1.50. The second-order valence-corrected chi connectivity index (χ2v) is 8.88. The smallest absolute Gasteiger partial charge is 0.318 e. The minimum Gasteiger partial charge on any atom is -0.502 e. The summed E-state index contributed by atoms with van der Waals surface area (Å²) in [7, 11) is 0. The van der Waals surface area contributed by atoms with Gasteiger partial charge in [0.1, 0.15) is 6.54 Å². The third-order valence-corrected chi connectivity index (χ3v) is 6.63. The molecule has 2 fully saturated rings. The van der Waals surface area contributed by atoms with Gasteiger partial charge in [0.25, 0.3) is 16.8 Å². The molecule has 3 amide bonds. The monoisotopic (exact) mass is 513 g/mol. The number of piperazine rings is 1. The van der Waals surface area contributed by atoms with E-state index >= 15 is 0 Å². The minimum atomic E-state index is -0.998. The first-order chi connectivity index (χ1) is 17.2. The summed E-state index contributed by atoms with van der Waals surface area (Å²) >= 11 is 0.469. The van der Waals surface area contributed by atoms with E-state index in [9.17, 15) is 39.7 Å². The number of nitro benzene ring substituents is 2. The van der Waals surface area contributed by atoms with Crippen molar-refractivity contribution in [2.45, 2.75) is 0 Å². The van der Waals surface area contributed by atoms with Gasteiger partial charge in [0, 0.05) is 43.5 Å². The van der Waals surface area contributed by atoms with Gasteiger partial charge in [-0.3, -0.25) is 39.5 Å². The highest BCUT2D eigenvalue weighted by Crippen LogP contribution is 2.39. The second-order valence-electron chi connectivity index (χ2n) is 7.89. The van der Waals surface area contributed by atoms with Crippen LogP contribution in [0.2, 0.25) is 0 Å². The molecule has 0 spiro atoms. The number of nitro groups is 2. The summed E-state index contributed by atoms with van der Waals surface area (Å²) in [4.78, 5) is 62.6. The summed E-state index contributed by atoms with van der Waals surface area (Å²) < 4.78 is 0. The van der Waals surface area contributed by atoms with Gasteiger partial charge in [0.15, 0.2) is 0 Å². The average Bonchev–Trinajstić information content (AvgIpc) is 3.12. The van der Waals surface area contributed by atoms with Crippen LogP contribution in [0.15, 0.2) is 47.4 Å². The lowest BCUT2D eigenvalue weighted by atomic mass is 10.1. The van der Waals surface area contributed by atoms with Crippen molar-refractivity contribution in [2.75, 3.05) is 37.6 Å². The van der Waals surface area contributed by atoms with Crippen molar-refractivity contribution >= 4 is 52.0 Å². The van der Waals surface area contributed by atoms with E-state index in [4.69, 9.17) is 0 Å². The number of benzene rings is 2. The number of amides is 3. The number of phenols is 1. The Morgan fingerprint density at radius 3 is 2.31 bits per heavy atom. The number of phenolic OH excluding ortho intramolecular Hbond substituents is 1. The molecule has 36 heavy (non-hydrogen) atoms. The van der Waals surface area contributed by atoms with Crippen molar-refractivity contribution in [2.24, 2.45) is 0 Å². The quantitative estimate of drug-likeness (QED) is 0.344. The Hall–Kier alpha value is -4.46. The standard InChI is InChI=1S/C22H19N5O8S/c28-19(24-8-6-23(7-9-24)15-4-2-1-3-5-15)13-25-21(30)18(36-22(25)31)11-14-10-16(26(32)33)12-17(20(14)29)27(34)35/h1-5,10-12,29H,6-9,13H2/b18-11+. The number of aromatic hydroxyl groups is 1. The number of hydrogen-bond acceptors (Lipinski definition) is 10. The van der Waals surface area contributed by atoms with Gasteiger partial charge < -0.3 is 14.9 Å². The molecular formula is C22H19N5O8S. The van der Waals surface area contributed by atoms with Gasteiger partial charge in [-0.05, 0) is 30.0 Å². The van der Waals surface area contributed by atoms with E-state index in [1.165, 1.54) is 0 Å². The molecule has 2 aliphatic heterocycles. The van der Waals surface area contributed by atoms with Crippen molar-refractivity contribution < 1.29 is 29.3 Å². The van der Waals surface area contributed by atoms with Gasteiger partial charge in [-0.15, -0.1) is 0 Å². The molecule has 2 heterocycles. The summed E-state index contributed by atoms with van der Waals surface area (Å²) in [5.41, 5.74) is -0.927. The van der Waals surface area contributed by atoms with Crippen LogP contribution in [0.4, 0.5) is 21.9 Å². The normalized spacial score (nSPS) is 17.1. The number of carbonyl (C=O) groups is 3. The first-order valence-electron chi connectivity index (χ1n) is 10.6. The summed E-state index contributed by atoms with van der Waals surface area (Å²) in [5.74, 6) is -2.14. The minimum absolute atomic E-state index is 0.230. The molecule has 0 unspecified atom stereocenters. The Bertz CT molecular complexity index is 1290. The third kappa shape index (κ3) is 4.98. The predicted molar refractivity (Wildman–Crippen MR) is 129 cm³/mol. The zero-order valence-corrected chi connectivity index (χ0v) is 19.4. The van der Waals surface area contributed by atoms with Gasteiger partial charge in [-0.25, -0.2) is 0 Å². The molecular weight excluding hydrogens is 494 g/mol. The van der Waals surface area contributed by atoms with E-state index < -0.39 is 50.6 Å². The van der Waals surface area contributed by atoms with Crippen LogP contribution in [0.3, 0.4) is 0 Å². The molecule has 14 heteroatoms. The summed E-state index contributed by atoms with van der Waals surface area (Å²) in [6.07, 6.45) is 0.962. The first-order valence-corrected chi connectivity index (χ1v) is 11.5. The number of thioether (sulfide) groups is 1. The number of rotatable bonds is 6. The SMILES string of the molecule is O=C(CN1C(=O)S/C(=C/c2cc([N+](=O)[O-])cc([N+](=O)[O-])c2O)C1=O)N1CCN(c2ccccc2)CC1. The topological polar surface area (TPSA) is 167 Å². The Balaban J connectivity index is 1.46. The number of para-hydroxylation sites is 1. The van der Waals surface area contributed by atoms with Crippen LogP contribution >= 0.6 is 11.8 Å². The molecule has 4 rings (SSSR count). The fourth-order valence-corrected chi connectivity index (χ4v) is 4.68. The van der Waals surface area contributed by atoms with Gasteiger partial charge in [-0.1, -0.05) is 18.2 Å². The predicted octanol–water partition coefficient (Wildman–Crippen LogP) is 2.59. The molecule has 0 saturated carbocycles. The molecule has 0 bridgehead atoms. The van der Waals surface area contributed by atoms with E-state index in [2.05, 4.69) is 4.90 Å². The Labute approximate surface area is 207 Å². The highest BCUT2D eigenvalue weighted by atomic mass is 32.2. The zero-order chi connectivity index (χ0) is 26.0. The largest absolute Gasteiger partial charge is 0.502 e. The molecule has 13 nitrogen and oxygen atoms in total. The van der Waals surface area contributed by atoms with Crippen LogP contribution in [0.5, 0.6) is 5.75 Å². The van der Waals surface area contributed by atoms with Crippen molar-refractivity contribution in [3.63, 3.8) is 0 Å². The van der Waals surface area contributed by atoms with Gasteiger partial charge in [0.05, 0.1) is 20.8 Å². The molecule has 1 N–H and O–H groups in total. The Kier molecular flexibility index (Phi) is 6.87. The van der Waals surface area contributed by atoms with Gasteiger partial charge >= 0.3 is 5.69 Å². The molecule has 2 saturated heterocycles. The maximum absolute atomic E-state index is 12.8. The molecule has 0 atom stereocenters. The van der Waals surface area contributed by atoms with Crippen molar-refractivity contribution in [3.8, 4) is 5.75 Å². The molecule has 2 aromatic rings. The fraction of sp³-hybridized carbons (Fsp3) is 0.227. The number of carbonyl (C=O) groups excluding carboxylic acids is 3. The first kappa shape index (κ1) is 24.7. The maximum atomic E-state index is 12.8. The second kappa shape index (κ2) is 10.0. The molecule has 2 aliphatic rings. The summed E-state index contributed by atoms with van der Waals surface area (Å²) in [6, 6.07) is 11.1. The molecule has 0 aromatic heterocycles. The zero-order valence-electron chi connectivity index (χ0n) is 18.6. The highest BCUT2D eigenvalue weighted by Gasteiger charge is 2.38. The average molecular weight is 513 g/mol. The van der Waals surface area contributed by atoms with Crippen molar-refractivity contribution in [1.82, 2.24) is 9.80 Å². The Morgan fingerprint density at radius 2 is 1.69 bits per heavy atom. The van der Waals surface area contributed by atoms with Crippen LogP contribution in [-0.4, -0.2) is 74.5 Å². The highest BCUT2D eigenvalue weighted by molar-refractivity contribution is 8.18. The molecule has 186 valence electrons. The van der Waals surface area contributed by atoms with Crippen LogP contribution in [0, 0.1) is 20.2 Å². The van der Waals surface area contributed by atoms with Crippen LogP contribution < -0.4 is 4.90 Å². The van der Waals surface area contributed by atoms with Crippen LogP contribution in [0.1, 0.15) is 5.56 Å². The fourth-order valence-electron chi connectivity index (χ4n) is 3.85. The van der Waals surface area contributed by atoms with Gasteiger partial charge in [-0.2, -0.15) is 0 Å². The lowest BCUT2D eigenvalue weighted by Gasteiger charge is -2.36.